The minimum absolute atomic E-state index is 0.0621. The van der Waals surface area contributed by atoms with Gasteiger partial charge in [-0.3, -0.25) is 0 Å². The number of benzene rings is 9. The Labute approximate surface area is 299 Å². The molecule has 0 saturated carbocycles. The lowest BCUT2D eigenvalue weighted by atomic mass is 9.80. The summed E-state index contributed by atoms with van der Waals surface area (Å²) in [5, 5.41) is 7.74. The van der Waals surface area contributed by atoms with Crippen molar-refractivity contribution in [3.05, 3.63) is 193 Å². The van der Waals surface area contributed by atoms with Gasteiger partial charge < -0.3 is 0 Å². The molecule has 0 bridgehead atoms. The van der Waals surface area contributed by atoms with E-state index in [0.717, 1.165) is 0 Å². The van der Waals surface area contributed by atoms with E-state index < -0.39 is 0 Å². The minimum Gasteiger partial charge on any atom is -0.0622 e. The first kappa shape index (κ1) is 29.7. The molecule has 240 valence electrons. The lowest BCUT2D eigenvalue weighted by Gasteiger charge is -2.23. The summed E-state index contributed by atoms with van der Waals surface area (Å²) < 4.78 is 0. The van der Waals surface area contributed by atoms with Gasteiger partial charge in [0, 0.05) is 5.41 Å². The van der Waals surface area contributed by atoms with E-state index in [2.05, 4.69) is 196 Å². The zero-order chi connectivity index (χ0) is 34.1. The van der Waals surface area contributed by atoms with Crippen LogP contribution in [-0.2, 0) is 5.41 Å². The van der Waals surface area contributed by atoms with E-state index in [4.69, 9.17) is 0 Å². The second-order valence-corrected chi connectivity index (χ2v) is 14.5. The largest absolute Gasteiger partial charge is 0.0622 e. The van der Waals surface area contributed by atoms with E-state index in [-0.39, 0.29) is 5.41 Å². The van der Waals surface area contributed by atoms with Gasteiger partial charge in [-0.15, -0.1) is 0 Å². The van der Waals surface area contributed by atoms with Gasteiger partial charge in [0.25, 0.3) is 0 Å². The molecule has 1 aliphatic rings. The van der Waals surface area contributed by atoms with Crippen molar-refractivity contribution in [3.8, 4) is 55.6 Å². The van der Waals surface area contributed by atoms with E-state index in [1.54, 1.807) is 0 Å². The molecule has 0 heteroatoms. The molecule has 0 heterocycles. The lowest BCUT2D eigenvalue weighted by molar-refractivity contribution is 0.666. The smallest absolute Gasteiger partial charge is 0.0165 e. The van der Waals surface area contributed by atoms with Crippen molar-refractivity contribution in [2.45, 2.75) is 19.3 Å². The molecule has 51 heavy (non-hydrogen) atoms. The Balaban J connectivity index is 1.13. The van der Waals surface area contributed by atoms with Crippen LogP contribution in [0.1, 0.15) is 25.0 Å². The number of hydrogen-bond donors (Lipinski definition) is 0. The topological polar surface area (TPSA) is 0 Å². The monoisotopic (exact) mass is 648 g/mol. The van der Waals surface area contributed by atoms with Gasteiger partial charge in [0.05, 0.1) is 0 Å². The Morgan fingerprint density at radius 3 is 1.49 bits per heavy atom. The highest BCUT2D eigenvalue weighted by molar-refractivity contribution is 6.21. The van der Waals surface area contributed by atoms with Gasteiger partial charge in [-0.2, -0.15) is 0 Å². The predicted molar refractivity (Wildman–Crippen MR) is 218 cm³/mol. The van der Waals surface area contributed by atoms with E-state index in [1.165, 1.54) is 99.1 Å². The minimum atomic E-state index is -0.0621. The molecule has 0 fully saturated rings. The number of fused-ring (bicyclic) bond motifs is 7. The summed E-state index contributed by atoms with van der Waals surface area (Å²) in [7, 11) is 0. The first-order chi connectivity index (χ1) is 25.1. The zero-order valence-corrected chi connectivity index (χ0v) is 28.8. The molecule has 9 aromatic carbocycles. The summed E-state index contributed by atoms with van der Waals surface area (Å²) in [6, 6.07) is 67.3. The van der Waals surface area contributed by atoms with Crippen LogP contribution >= 0.6 is 0 Å². The van der Waals surface area contributed by atoms with Crippen molar-refractivity contribution >= 4 is 32.3 Å². The summed E-state index contributed by atoms with van der Waals surface area (Å²) in [4.78, 5) is 0. The predicted octanol–water partition coefficient (Wildman–Crippen LogP) is 14.1. The van der Waals surface area contributed by atoms with Gasteiger partial charge in [-0.1, -0.05) is 184 Å². The molecule has 0 aromatic heterocycles. The van der Waals surface area contributed by atoms with Crippen molar-refractivity contribution < 1.29 is 0 Å². The summed E-state index contributed by atoms with van der Waals surface area (Å²) >= 11 is 0. The van der Waals surface area contributed by atoms with Crippen LogP contribution < -0.4 is 0 Å². The molecule has 1 aliphatic carbocycles. The van der Waals surface area contributed by atoms with Crippen molar-refractivity contribution in [2.75, 3.05) is 0 Å². The molecule has 0 spiro atoms. The molecule has 0 radical (unpaired) electrons. The van der Waals surface area contributed by atoms with Crippen LogP contribution in [0.4, 0.5) is 0 Å². The molecule has 0 saturated heterocycles. The maximum Gasteiger partial charge on any atom is 0.0165 e. The zero-order valence-electron chi connectivity index (χ0n) is 28.8. The highest BCUT2D eigenvalue weighted by atomic mass is 14.4. The third-order valence-corrected chi connectivity index (χ3v) is 11.2. The van der Waals surface area contributed by atoms with Crippen molar-refractivity contribution in [1.82, 2.24) is 0 Å². The highest BCUT2D eigenvalue weighted by Crippen LogP contribution is 2.52. The molecule has 10 rings (SSSR count). The second-order valence-electron chi connectivity index (χ2n) is 14.5. The number of hydrogen-bond acceptors (Lipinski definition) is 0. The molecule has 0 nitrogen and oxygen atoms in total. The van der Waals surface area contributed by atoms with Gasteiger partial charge in [0.15, 0.2) is 0 Å². The fourth-order valence-electron chi connectivity index (χ4n) is 8.86. The van der Waals surface area contributed by atoms with Crippen LogP contribution in [0.25, 0.3) is 88.0 Å². The highest BCUT2D eigenvalue weighted by Gasteiger charge is 2.37. The van der Waals surface area contributed by atoms with Crippen LogP contribution in [0.5, 0.6) is 0 Å². The third-order valence-electron chi connectivity index (χ3n) is 11.2. The summed E-state index contributed by atoms with van der Waals surface area (Å²) in [5.74, 6) is 0. The van der Waals surface area contributed by atoms with Crippen LogP contribution in [-0.4, -0.2) is 0 Å². The molecule has 0 unspecified atom stereocenters. The van der Waals surface area contributed by atoms with Gasteiger partial charge in [0.1, 0.15) is 0 Å². The van der Waals surface area contributed by atoms with Gasteiger partial charge in [0.2, 0.25) is 0 Å². The maximum atomic E-state index is 2.43. The molecular formula is C51H36. The SMILES string of the molecule is CC1(C)c2ccc(-c3cccc(-c4c5ccccc5c(-c5ccc(-c6ccccc6)cc5)c5ccccc45)c3)cc2-c2ccc3ccccc3c21. The molecule has 9 aromatic rings. The summed E-state index contributed by atoms with van der Waals surface area (Å²) in [6.45, 7) is 4.75. The lowest BCUT2D eigenvalue weighted by Crippen LogP contribution is -2.15. The summed E-state index contributed by atoms with van der Waals surface area (Å²) in [6.07, 6.45) is 0. The first-order valence-electron chi connectivity index (χ1n) is 17.9. The van der Waals surface area contributed by atoms with Crippen LogP contribution in [0, 0.1) is 0 Å². The Morgan fingerprint density at radius 1 is 0.314 bits per heavy atom. The third kappa shape index (κ3) is 4.60. The Hall–Kier alpha value is -6.24. The van der Waals surface area contributed by atoms with E-state index >= 15 is 0 Å². The Bertz CT molecular complexity index is 2740. The summed E-state index contributed by atoms with van der Waals surface area (Å²) in [5.41, 5.74) is 15.5. The van der Waals surface area contributed by atoms with Crippen LogP contribution in [0.2, 0.25) is 0 Å². The molecule has 0 atom stereocenters. The number of rotatable bonds is 4. The Morgan fingerprint density at radius 2 is 0.804 bits per heavy atom. The average Bonchev–Trinajstić information content (AvgIpc) is 3.43. The second kappa shape index (κ2) is 11.4. The quantitative estimate of drug-likeness (QED) is 0.167. The van der Waals surface area contributed by atoms with E-state index in [1.807, 2.05) is 0 Å². The first-order valence-corrected chi connectivity index (χ1v) is 17.9. The van der Waals surface area contributed by atoms with Gasteiger partial charge in [-0.05, 0) is 111 Å². The van der Waals surface area contributed by atoms with Crippen molar-refractivity contribution in [1.29, 1.82) is 0 Å². The standard InChI is InChI=1S/C51H36/c1-51(2)47-30-28-38(32-46(47)45-29-27-35-15-6-7-18-40(35)50(45)51)37-16-12-17-39(31-37)49-43-21-10-8-19-41(43)48(42-20-9-11-22-44(42)49)36-25-23-34(24-26-36)33-13-4-3-5-14-33/h3-32H,1-2H3. The Kier molecular flexibility index (Phi) is 6.63. The normalized spacial score (nSPS) is 13.1. The van der Waals surface area contributed by atoms with Gasteiger partial charge in [-0.25, -0.2) is 0 Å². The molecule has 0 amide bonds. The van der Waals surface area contributed by atoms with Crippen molar-refractivity contribution in [2.24, 2.45) is 0 Å². The maximum absolute atomic E-state index is 2.43. The van der Waals surface area contributed by atoms with Crippen molar-refractivity contribution in [3.63, 3.8) is 0 Å². The van der Waals surface area contributed by atoms with Crippen LogP contribution in [0.3, 0.4) is 0 Å². The van der Waals surface area contributed by atoms with Gasteiger partial charge >= 0.3 is 0 Å². The molecule has 0 N–H and O–H groups in total. The molecule has 0 aliphatic heterocycles. The fraction of sp³-hybridized carbons (Fsp3) is 0.0588. The molecular weight excluding hydrogens is 613 g/mol. The van der Waals surface area contributed by atoms with E-state index in [9.17, 15) is 0 Å². The fourth-order valence-corrected chi connectivity index (χ4v) is 8.86. The van der Waals surface area contributed by atoms with E-state index in [0.29, 0.717) is 0 Å². The average molecular weight is 649 g/mol. The van der Waals surface area contributed by atoms with Crippen LogP contribution in [0.15, 0.2) is 182 Å².